The minimum absolute atomic E-state index is 0.0340. The van der Waals surface area contributed by atoms with Gasteiger partial charge in [0.05, 0.1) is 30.3 Å². The first-order valence-corrected chi connectivity index (χ1v) is 9.27. The molecule has 0 saturated heterocycles. The Labute approximate surface area is 136 Å². The summed E-state index contributed by atoms with van der Waals surface area (Å²) in [4.78, 5) is 11.4. The van der Waals surface area contributed by atoms with Gasteiger partial charge >= 0.3 is 0 Å². The number of fused-ring (bicyclic) bond motifs is 1. The molecule has 2 unspecified atom stereocenters. The zero-order valence-electron chi connectivity index (χ0n) is 13.3. The zero-order chi connectivity index (χ0) is 16.6. The van der Waals surface area contributed by atoms with Crippen LogP contribution in [0.25, 0.3) is 0 Å². The molecular formula is C16H19N3O3S. The van der Waals surface area contributed by atoms with E-state index in [0.717, 1.165) is 17.9 Å². The van der Waals surface area contributed by atoms with Crippen LogP contribution in [0.4, 0.5) is 0 Å². The second-order valence-electron chi connectivity index (χ2n) is 5.53. The summed E-state index contributed by atoms with van der Waals surface area (Å²) in [5, 5.41) is 0. The van der Waals surface area contributed by atoms with Crippen LogP contribution in [0, 0.1) is 0 Å². The van der Waals surface area contributed by atoms with Gasteiger partial charge in [-0.2, -0.15) is 0 Å². The molecule has 0 bridgehead atoms. The fourth-order valence-corrected chi connectivity index (χ4v) is 3.60. The van der Waals surface area contributed by atoms with Gasteiger partial charge in [0.2, 0.25) is 0 Å². The highest BCUT2D eigenvalue weighted by molar-refractivity contribution is 7.94. The lowest BCUT2D eigenvalue weighted by molar-refractivity contribution is 0.386. The van der Waals surface area contributed by atoms with Crippen LogP contribution < -0.4 is 4.74 Å². The number of pyridine rings is 1. The van der Waals surface area contributed by atoms with Crippen molar-refractivity contribution in [2.75, 3.05) is 19.9 Å². The maximum Gasteiger partial charge on any atom is 0.175 e. The number of hydrogen-bond acceptors (Lipinski definition) is 6. The van der Waals surface area contributed by atoms with Crippen LogP contribution in [0.5, 0.6) is 5.75 Å². The molecule has 3 rings (SSSR count). The molecule has 2 atom stereocenters. The quantitative estimate of drug-likeness (QED) is 0.833. The van der Waals surface area contributed by atoms with E-state index in [0.29, 0.717) is 10.7 Å². The Morgan fingerprint density at radius 3 is 2.78 bits per heavy atom. The van der Waals surface area contributed by atoms with Crippen molar-refractivity contribution in [1.29, 1.82) is 0 Å². The number of aromatic nitrogens is 1. The van der Waals surface area contributed by atoms with Gasteiger partial charge in [-0.05, 0) is 25.1 Å². The molecule has 0 spiro atoms. The van der Waals surface area contributed by atoms with E-state index in [-0.39, 0.29) is 12.1 Å². The lowest BCUT2D eigenvalue weighted by Gasteiger charge is -2.28. The summed E-state index contributed by atoms with van der Waals surface area (Å²) in [7, 11) is -1.63. The maximum atomic E-state index is 11.8. The fourth-order valence-electron chi connectivity index (χ4n) is 2.89. The number of allylic oxidation sites excluding steroid dienone is 1. The molecule has 1 aliphatic carbocycles. The van der Waals surface area contributed by atoms with Crippen LogP contribution in [0.1, 0.15) is 12.5 Å². The Morgan fingerprint density at radius 1 is 1.35 bits per heavy atom. The monoisotopic (exact) mass is 333 g/mol. The Balaban J connectivity index is 2.01. The Hall–Kier alpha value is -2.15. The van der Waals surface area contributed by atoms with Crippen molar-refractivity contribution >= 4 is 15.7 Å². The van der Waals surface area contributed by atoms with Gasteiger partial charge in [-0.1, -0.05) is 6.08 Å². The van der Waals surface area contributed by atoms with Crippen molar-refractivity contribution in [2.24, 2.45) is 4.99 Å². The first kappa shape index (κ1) is 15.7. The Kier molecular flexibility index (Phi) is 3.97. The normalized spacial score (nSPS) is 23.3. The van der Waals surface area contributed by atoms with Crippen LogP contribution in [0.15, 0.2) is 46.6 Å². The van der Waals surface area contributed by atoms with E-state index in [2.05, 4.69) is 16.8 Å². The molecule has 0 N–H and O–H groups in total. The van der Waals surface area contributed by atoms with E-state index >= 15 is 0 Å². The third kappa shape index (κ3) is 2.88. The second-order valence-corrected chi connectivity index (χ2v) is 7.55. The number of amidine groups is 1. The number of methoxy groups -OCH3 is 1. The zero-order valence-corrected chi connectivity index (χ0v) is 14.1. The number of likely N-dealkylation sites (N-methyl/N-ethyl adjacent to an activating group) is 1. The summed E-state index contributed by atoms with van der Waals surface area (Å²) >= 11 is 0. The van der Waals surface area contributed by atoms with Crippen molar-refractivity contribution < 1.29 is 13.2 Å². The largest absolute Gasteiger partial charge is 0.495 e. The SMILES string of the molecule is CCN1C(c2cncc(OC)c2)=NC2C=C(S(C)(=O)=O)C=CC21. The highest BCUT2D eigenvalue weighted by Gasteiger charge is 2.36. The third-order valence-electron chi connectivity index (χ3n) is 4.02. The molecule has 0 saturated carbocycles. The molecule has 0 aromatic carbocycles. The standard InChI is InChI=1S/C16H19N3O3S/c1-4-19-15-6-5-13(23(3,20)21)8-14(15)18-16(19)11-7-12(22-2)10-17-9-11/h5-10,14-15H,4H2,1-3H3. The van der Waals surface area contributed by atoms with E-state index in [4.69, 9.17) is 9.73 Å². The number of aliphatic imine (C=N–C) groups is 1. The minimum Gasteiger partial charge on any atom is -0.495 e. The van der Waals surface area contributed by atoms with Crippen molar-refractivity contribution in [1.82, 2.24) is 9.88 Å². The van der Waals surface area contributed by atoms with E-state index < -0.39 is 9.84 Å². The van der Waals surface area contributed by atoms with Crippen molar-refractivity contribution in [3.63, 3.8) is 0 Å². The van der Waals surface area contributed by atoms with Crippen molar-refractivity contribution in [2.45, 2.75) is 19.0 Å². The first-order chi connectivity index (χ1) is 10.9. The predicted molar refractivity (Wildman–Crippen MR) is 89.3 cm³/mol. The molecule has 122 valence electrons. The number of sulfone groups is 1. The van der Waals surface area contributed by atoms with E-state index in [1.807, 2.05) is 12.1 Å². The topological polar surface area (TPSA) is 71.9 Å². The molecule has 0 amide bonds. The molecule has 1 aromatic rings. The third-order valence-corrected chi connectivity index (χ3v) is 5.15. The average molecular weight is 333 g/mol. The number of nitrogens with zero attached hydrogens (tertiary/aromatic N) is 3. The maximum absolute atomic E-state index is 11.8. The van der Waals surface area contributed by atoms with Crippen LogP contribution in [-0.4, -0.2) is 56.1 Å². The van der Waals surface area contributed by atoms with Gasteiger partial charge in [-0.25, -0.2) is 8.42 Å². The van der Waals surface area contributed by atoms with Crippen molar-refractivity contribution in [3.05, 3.63) is 47.2 Å². The Morgan fingerprint density at radius 2 is 2.13 bits per heavy atom. The van der Waals surface area contributed by atoms with Crippen LogP contribution >= 0.6 is 0 Å². The lowest BCUT2D eigenvalue weighted by Crippen LogP contribution is -2.39. The Bertz CT molecular complexity index is 812. The van der Waals surface area contributed by atoms with Crippen LogP contribution in [0.2, 0.25) is 0 Å². The molecule has 2 heterocycles. The van der Waals surface area contributed by atoms with Gasteiger partial charge in [-0.15, -0.1) is 0 Å². The van der Waals surface area contributed by atoms with Gasteiger partial charge in [0.15, 0.2) is 9.84 Å². The van der Waals surface area contributed by atoms with Gasteiger partial charge in [0.1, 0.15) is 11.6 Å². The van der Waals surface area contributed by atoms with Gasteiger partial charge in [0, 0.05) is 24.6 Å². The number of rotatable bonds is 4. The molecule has 6 nitrogen and oxygen atoms in total. The second kappa shape index (κ2) is 5.81. The van der Waals surface area contributed by atoms with Gasteiger partial charge in [-0.3, -0.25) is 9.98 Å². The molecule has 1 aromatic heterocycles. The minimum atomic E-state index is -3.23. The number of ether oxygens (including phenoxy) is 1. The molecule has 1 aliphatic heterocycles. The smallest absolute Gasteiger partial charge is 0.175 e. The van der Waals surface area contributed by atoms with Gasteiger partial charge < -0.3 is 9.64 Å². The van der Waals surface area contributed by atoms with Crippen LogP contribution in [0.3, 0.4) is 0 Å². The highest BCUT2D eigenvalue weighted by atomic mass is 32.2. The summed E-state index contributed by atoms with van der Waals surface area (Å²) in [6.07, 6.45) is 9.90. The van der Waals surface area contributed by atoms with Gasteiger partial charge in [0.25, 0.3) is 0 Å². The van der Waals surface area contributed by atoms with E-state index in [1.54, 1.807) is 31.7 Å². The van der Waals surface area contributed by atoms with E-state index in [9.17, 15) is 8.42 Å². The fraction of sp³-hybridized carbons (Fsp3) is 0.375. The molecule has 2 aliphatic rings. The molecule has 0 radical (unpaired) electrons. The summed E-state index contributed by atoms with van der Waals surface area (Å²) in [6, 6.07) is 1.72. The van der Waals surface area contributed by atoms with Crippen molar-refractivity contribution in [3.8, 4) is 5.75 Å². The molecule has 0 fully saturated rings. The summed E-state index contributed by atoms with van der Waals surface area (Å²) in [6.45, 7) is 2.82. The molecule has 23 heavy (non-hydrogen) atoms. The highest BCUT2D eigenvalue weighted by Crippen LogP contribution is 2.29. The van der Waals surface area contributed by atoms with Crippen LogP contribution in [-0.2, 0) is 9.84 Å². The lowest BCUT2D eigenvalue weighted by atomic mass is 10.0. The average Bonchev–Trinajstić information content (AvgIpc) is 2.91. The number of hydrogen-bond donors (Lipinski definition) is 0. The molecular weight excluding hydrogens is 314 g/mol. The summed E-state index contributed by atoms with van der Waals surface area (Å²) in [5.74, 6) is 1.48. The first-order valence-electron chi connectivity index (χ1n) is 7.38. The molecule has 7 heteroatoms. The summed E-state index contributed by atoms with van der Waals surface area (Å²) < 4.78 is 28.7. The predicted octanol–water partition coefficient (Wildman–Crippen LogP) is 1.41. The summed E-state index contributed by atoms with van der Waals surface area (Å²) in [5.41, 5.74) is 0.864. The van der Waals surface area contributed by atoms with E-state index in [1.165, 1.54) is 6.26 Å².